The fourth-order valence-corrected chi connectivity index (χ4v) is 1.86. The van der Waals surface area contributed by atoms with E-state index in [1.54, 1.807) is 0 Å². The van der Waals surface area contributed by atoms with Crippen LogP contribution in [0.15, 0.2) is 18.5 Å². The van der Waals surface area contributed by atoms with Crippen molar-refractivity contribution in [2.24, 2.45) is 0 Å². The zero-order valence-corrected chi connectivity index (χ0v) is 9.72. The fraction of sp³-hybridized carbons (Fsp3) is 0.583. The molecule has 0 spiro atoms. The summed E-state index contributed by atoms with van der Waals surface area (Å²) in [5.41, 5.74) is 2.65. The molecule has 0 amide bonds. The first-order valence-corrected chi connectivity index (χ1v) is 5.71. The molecule has 1 aromatic heterocycles. The van der Waals surface area contributed by atoms with Crippen LogP contribution in [-0.4, -0.2) is 10.4 Å². The molecular formula is C12H18ClN. The number of hydrogen-bond acceptors (Lipinski definition) is 1. The van der Waals surface area contributed by atoms with Crippen LogP contribution in [0, 0.1) is 6.92 Å². The lowest BCUT2D eigenvalue weighted by atomic mass is 10.0. The van der Waals surface area contributed by atoms with Crippen molar-refractivity contribution in [3.8, 4) is 0 Å². The maximum atomic E-state index is 6.16. The number of halogens is 1. The second-order valence-electron chi connectivity index (χ2n) is 3.73. The van der Waals surface area contributed by atoms with Gasteiger partial charge < -0.3 is 0 Å². The number of alkyl halides is 1. The number of nitrogens with zero attached hydrogens (tertiary/aromatic N) is 1. The molecule has 0 aliphatic rings. The molecule has 0 bridgehead atoms. The predicted octanol–water partition coefficient (Wildman–Crippen LogP) is 3.73. The van der Waals surface area contributed by atoms with Gasteiger partial charge in [-0.2, -0.15) is 0 Å². The van der Waals surface area contributed by atoms with Crippen molar-refractivity contribution >= 4 is 11.6 Å². The number of hydrogen-bond donors (Lipinski definition) is 0. The van der Waals surface area contributed by atoms with E-state index in [0.29, 0.717) is 5.38 Å². The third kappa shape index (κ3) is 3.67. The molecule has 0 saturated heterocycles. The molecule has 14 heavy (non-hydrogen) atoms. The van der Waals surface area contributed by atoms with Crippen LogP contribution in [0.2, 0.25) is 0 Å². The minimum absolute atomic E-state index is 0.319. The van der Waals surface area contributed by atoms with Crippen molar-refractivity contribution in [1.29, 1.82) is 0 Å². The molecule has 78 valence electrons. The molecular weight excluding hydrogens is 194 g/mol. The normalized spacial score (nSPS) is 12.8. The van der Waals surface area contributed by atoms with Gasteiger partial charge in [0.2, 0.25) is 0 Å². The first-order chi connectivity index (χ1) is 6.74. The summed E-state index contributed by atoms with van der Waals surface area (Å²) in [6, 6.07) is 2.05. The average molecular weight is 212 g/mol. The summed E-state index contributed by atoms with van der Waals surface area (Å²) in [7, 11) is 0. The Morgan fingerprint density at radius 2 is 2.21 bits per heavy atom. The summed E-state index contributed by atoms with van der Waals surface area (Å²) < 4.78 is 0. The highest BCUT2D eigenvalue weighted by Crippen LogP contribution is 2.15. The third-order valence-electron chi connectivity index (χ3n) is 2.48. The Hall–Kier alpha value is -0.560. The Labute approximate surface area is 91.5 Å². The van der Waals surface area contributed by atoms with Crippen molar-refractivity contribution in [2.45, 2.75) is 44.9 Å². The van der Waals surface area contributed by atoms with Gasteiger partial charge in [0.15, 0.2) is 0 Å². The summed E-state index contributed by atoms with van der Waals surface area (Å²) >= 11 is 6.16. The van der Waals surface area contributed by atoms with Gasteiger partial charge >= 0.3 is 0 Å². The van der Waals surface area contributed by atoms with Crippen LogP contribution in [0.3, 0.4) is 0 Å². The Morgan fingerprint density at radius 3 is 2.86 bits per heavy atom. The zero-order chi connectivity index (χ0) is 10.4. The van der Waals surface area contributed by atoms with E-state index in [4.69, 9.17) is 11.6 Å². The smallest absolute Gasteiger partial charge is 0.0339 e. The minimum Gasteiger partial charge on any atom is -0.264 e. The molecule has 1 aromatic rings. The van der Waals surface area contributed by atoms with E-state index in [9.17, 15) is 0 Å². The Bertz CT molecular complexity index is 273. The van der Waals surface area contributed by atoms with Crippen LogP contribution < -0.4 is 0 Å². The van der Waals surface area contributed by atoms with Gasteiger partial charge in [-0.3, -0.25) is 4.98 Å². The van der Waals surface area contributed by atoms with Crippen molar-refractivity contribution in [2.75, 3.05) is 0 Å². The van der Waals surface area contributed by atoms with Gasteiger partial charge in [0.25, 0.3) is 0 Å². The molecule has 1 nitrogen and oxygen atoms in total. The van der Waals surface area contributed by atoms with Gasteiger partial charge in [-0.25, -0.2) is 0 Å². The van der Waals surface area contributed by atoms with Gasteiger partial charge in [-0.1, -0.05) is 13.3 Å². The molecule has 0 N–H and O–H groups in total. The Balaban J connectivity index is 2.41. The van der Waals surface area contributed by atoms with E-state index in [2.05, 4.69) is 24.9 Å². The summed E-state index contributed by atoms with van der Waals surface area (Å²) in [6.45, 7) is 4.30. The lowest BCUT2D eigenvalue weighted by molar-refractivity contribution is 0.673. The maximum Gasteiger partial charge on any atom is 0.0339 e. The van der Waals surface area contributed by atoms with Crippen molar-refractivity contribution in [3.63, 3.8) is 0 Å². The molecule has 1 rings (SSSR count). The number of aryl methyl sites for hydroxylation is 2. The Kier molecular flexibility index (Phi) is 4.95. The number of rotatable bonds is 5. The van der Waals surface area contributed by atoms with Crippen LogP contribution in [0.25, 0.3) is 0 Å². The third-order valence-corrected chi connectivity index (χ3v) is 2.91. The molecule has 0 radical (unpaired) electrons. The van der Waals surface area contributed by atoms with E-state index >= 15 is 0 Å². The van der Waals surface area contributed by atoms with E-state index < -0.39 is 0 Å². The molecule has 1 atom stereocenters. The first-order valence-electron chi connectivity index (χ1n) is 5.27. The van der Waals surface area contributed by atoms with Crippen LogP contribution in [0.1, 0.15) is 37.3 Å². The summed E-state index contributed by atoms with van der Waals surface area (Å²) in [4.78, 5) is 4.13. The fourth-order valence-electron chi connectivity index (χ4n) is 1.53. The number of aromatic nitrogens is 1. The van der Waals surface area contributed by atoms with Gasteiger partial charge in [0.1, 0.15) is 0 Å². The lowest BCUT2D eigenvalue weighted by Crippen LogP contribution is -2.01. The quantitative estimate of drug-likeness (QED) is 0.677. The minimum atomic E-state index is 0.319. The maximum absolute atomic E-state index is 6.16. The summed E-state index contributed by atoms with van der Waals surface area (Å²) in [6.07, 6.45) is 8.17. The van der Waals surface area contributed by atoms with Gasteiger partial charge in [-0.05, 0) is 43.4 Å². The van der Waals surface area contributed by atoms with Gasteiger partial charge in [0.05, 0.1) is 0 Å². The average Bonchev–Trinajstić information content (AvgIpc) is 2.17. The van der Waals surface area contributed by atoms with Gasteiger partial charge in [0, 0.05) is 17.8 Å². The number of pyridine rings is 1. The van der Waals surface area contributed by atoms with E-state index in [-0.39, 0.29) is 0 Å². The monoisotopic (exact) mass is 211 g/mol. The second kappa shape index (κ2) is 6.02. The lowest BCUT2D eigenvalue weighted by Gasteiger charge is -2.08. The predicted molar refractivity (Wildman–Crippen MR) is 61.8 cm³/mol. The first kappa shape index (κ1) is 11.5. The van der Waals surface area contributed by atoms with E-state index in [1.165, 1.54) is 17.5 Å². The molecule has 0 saturated carbocycles. The molecule has 0 aliphatic carbocycles. The van der Waals surface area contributed by atoms with Crippen molar-refractivity contribution < 1.29 is 0 Å². The summed E-state index contributed by atoms with van der Waals surface area (Å²) in [5, 5.41) is 0.319. The molecule has 1 unspecified atom stereocenters. The van der Waals surface area contributed by atoms with Crippen LogP contribution >= 0.6 is 11.6 Å². The second-order valence-corrected chi connectivity index (χ2v) is 4.34. The highest BCUT2D eigenvalue weighted by atomic mass is 35.5. The highest BCUT2D eigenvalue weighted by Gasteiger charge is 2.04. The van der Waals surface area contributed by atoms with Crippen molar-refractivity contribution in [3.05, 3.63) is 29.6 Å². The van der Waals surface area contributed by atoms with Gasteiger partial charge in [-0.15, -0.1) is 11.6 Å². The molecule has 0 aliphatic heterocycles. The zero-order valence-electron chi connectivity index (χ0n) is 8.96. The van der Waals surface area contributed by atoms with Crippen LogP contribution in [0.4, 0.5) is 0 Å². The topological polar surface area (TPSA) is 12.9 Å². The standard InChI is InChI=1S/C12H18ClN/c1-3-4-12(13)6-5-11-9-14-8-7-10(11)2/h7-9,12H,3-6H2,1-2H3. The van der Waals surface area contributed by atoms with E-state index in [0.717, 1.165) is 19.3 Å². The molecule has 2 heteroatoms. The van der Waals surface area contributed by atoms with Crippen LogP contribution in [-0.2, 0) is 6.42 Å². The van der Waals surface area contributed by atoms with Crippen molar-refractivity contribution in [1.82, 2.24) is 4.98 Å². The van der Waals surface area contributed by atoms with Crippen LogP contribution in [0.5, 0.6) is 0 Å². The van der Waals surface area contributed by atoms with E-state index in [1.807, 2.05) is 12.4 Å². The molecule has 0 fully saturated rings. The largest absolute Gasteiger partial charge is 0.264 e. The molecule has 0 aromatic carbocycles. The Morgan fingerprint density at radius 1 is 1.43 bits per heavy atom. The highest BCUT2D eigenvalue weighted by molar-refractivity contribution is 6.20. The molecule has 1 heterocycles. The SMILES string of the molecule is CCCC(Cl)CCc1cnccc1C. The summed E-state index contributed by atoms with van der Waals surface area (Å²) in [5.74, 6) is 0.